The fourth-order valence-corrected chi connectivity index (χ4v) is 4.79. The van der Waals surface area contributed by atoms with Crippen molar-refractivity contribution in [2.75, 3.05) is 30.4 Å². The van der Waals surface area contributed by atoms with Gasteiger partial charge in [0.2, 0.25) is 5.91 Å². The summed E-state index contributed by atoms with van der Waals surface area (Å²) < 4.78 is 8.09. The zero-order chi connectivity index (χ0) is 22.0. The highest BCUT2D eigenvalue weighted by Crippen LogP contribution is 2.28. The number of anilines is 2. The highest BCUT2D eigenvalue weighted by atomic mass is 32.1. The molecule has 0 saturated carbocycles. The molecule has 1 aliphatic heterocycles. The van der Waals surface area contributed by atoms with Crippen LogP contribution >= 0.6 is 11.3 Å². The Balaban J connectivity index is 1.73. The Bertz CT molecular complexity index is 1220. The van der Waals surface area contributed by atoms with Crippen molar-refractivity contribution in [1.82, 2.24) is 14.1 Å². The summed E-state index contributed by atoms with van der Waals surface area (Å²) in [5, 5.41) is 3.51. The maximum atomic E-state index is 13.1. The monoisotopic (exact) mass is 443 g/mol. The number of ether oxygens (including phenoxy) is 1. The van der Waals surface area contributed by atoms with Gasteiger partial charge in [-0.3, -0.25) is 18.7 Å². The normalized spacial score (nSPS) is 13.7. The van der Waals surface area contributed by atoms with E-state index in [1.165, 1.54) is 20.5 Å². The molecule has 4 rings (SSSR count). The van der Waals surface area contributed by atoms with Gasteiger partial charge in [0.15, 0.2) is 10.8 Å². The third kappa shape index (κ3) is 4.20. The molecule has 0 atom stereocenters. The second-order valence-electron chi connectivity index (χ2n) is 7.45. The van der Waals surface area contributed by atoms with Gasteiger partial charge in [-0.1, -0.05) is 24.3 Å². The molecule has 1 aromatic carbocycles. The minimum atomic E-state index is -0.515. The van der Waals surface area contributed by atoms with Crippen LogP contribution in [-0.2, 0) is 17.9 Å². The standard InChI is InChI=1S/C21H25N5O4S/c1-3-9-25-19(28)17-18(23-20(31-17)24-10-4-5-11-24)26(21(25)29)13-16(27)22-14-7-6-8-15(12-14)30-2/h6-8,12H,3-5,9-11,13H2,1-2H3,(H,22,27). The van der Waals surface area contributed by atoms with E-state index in [2.05, 4.69) is 15.2 Å². The molecule has 9 nitrogen and oxygen atoms in total. The van der Waals surface area contributed by atoms with Crippen LogP contribution in [-0.4, -0.2) is 40.2 Å². The molecule has 0 spiro atoms. The van der Waals surface area contributed by atoms with E-state index in [-0.39, 0.29) is 23.7 Å². The lowest BCUT2D eigenvalue weighted by Gasteiger charge is -2.12. The van der Waals surface area contributed by atoms with Crippen LogP contribution in [0.15, 0.2) is 33.9 Å². The first-order valence-electron chi connectivity index (χ1n) is 10.3. The zero-order valence-electron chi connectivity index (χ0n) is 17.6. The summed E-state index contributed by atoms with van der Waals surface area (Å²) in [6.07, 6.45) is 2.78. The van der Waals surface area contributed by atoms with Gasteiger partial charge in [-0.05, 0) is 31.4 Å². The number of hydrogen-bond acceptors (Lipinski definition) is 7. The predicted molar refractivity (Wildman–Crippen MR) is 122 cm³/mol. The Kier molecular flexibility index (Phi) is 6.08. The molecule has 1 aliphatic rings. The number of thiazole rings is 1. The highest BCUT2D eigenvalue weighted by Gasteiger charge is 2.23. The molecule has 1 fully saturated rings. The Morgan fingerprint density at radius 3 is 2.71 bits per heavy atom. The van der Waals surface area contributed by atoms with Gasteiger partial charge < -0.3 is 15.0 Å². The minimum absolute atomic E-state index is 0.236. The van der Waals surface area contributed by atoms with E-state index in [1.807, 2.05) is 6.92 Å². The molecule has 3 aromatic rings. The number of nitrogens with zero attached hydrogens (tertiary/aromatic N) is 4. The van der Waals surface area contributed by atoms with Crippen molar-refractivity contribution >= 4 is 38.4 Å². The second-order valence-corrected chi connectivity index (χ2v) is 8.43. The lowest BCUT2D eigenvalue weighted by Crippen LogP contribution is -2.41. The molecule has 1 N–H and O–H groups in total. The van der Waals surface area contributed by atoms with E-state index in [1.54, 1.807) is 31.4 Å². The number of methoxy groups -OCH3 is 1. The van der Waals surface area contributed by atoms with Crippen LogP contribution in [0.25, 0.3) is 10.3 Å². The van der Waals surface area contributed by atoms with Gasteiger partial charge in [-0.25, -0.2) is 9.78 Å². The number of carbonyl (C=O) groups excluding carboxylic acids is 1. The first kappa shape index (κ1) is 21.1. The van der Waals surface area contributed by atoms with Crippen LogP contribution in [0.3, 0.4) is 0 Å². The fraction of sp³-hybridized carbons (Fsp3) is 0.429. The quantitative estimate of drug-likeness (QED) is 0.602. The van der Waals surface area contributed by atoms with Gasteiger partial charge in [0.1, 0.15) is 17.0 Å². The van der Waals surface area contributed by atoms with E-state index < -0.39 is 5.69 Å². The van der Waals surface area contributed by atoms with Crippen LogP contribution in [0, 0.1) is 0 Å². The van der Waals surface area contributed by atoms with Crippen LogP contribution < -0.4 is 26.2 Å². The molecule has 10 heteroatoms. The molecule has 2 aromatic heterocycles. The van der Waals surface area contributed by atoms with Gasteiger partial charge in [-0.2, -0.15) is 0 Å². The Labute approximate surface area is 182 Å². The molecule has 1 saturated heterocycles. The average Bonchev–Trinajstić information content (AvgIpc) is 3.44. The minimum Gasteiger partial charge on any atom is -0.497 e. The smallest absolute Gasteiger partial charge is 0.333 e. The number of aromatic nitrogens is 3. The van der Waals surface area contributed by atoms with E-state index >= 15 is 0 Å². The van der Waals surface area contributed by atoms with Crippen molar-refractivity contribution in [3.05, 3.63) is 45.1 Å². The summed E-state index contributed by atoms with van der Waals surface area (Å²) in [6.45, 7) is 3.72. The van der Waals surface area contributed by atoms with Gasteiger partial charge in [-0.15, -0.1) is 0 Å². The van der Waals surface area contributed by atoms with E-state index in [4.69, 9.17) is 4.74 Å². The third-order valence-corrected chi connectivity index (χ3v) is 6.33. The van der Waals surface area contributed by atoms with Crippen LogP contribution in [0.5, 0.6) is 5.75 Å². The maximum Gasteiger partial charge on any atom is 0.333 e. The maximum absolute atomic E-state index is 13.1. The SMILES string of the molecule is CCCn1c(=O)c2sc(N3CCCC3)nc2n(CC(=O)Nc2cccc(OC)c2)c1=O. The number of fused-ring (bicyclic) bond motifs is 1. The van der Waals surface area contributed by atoms with Crippen molar-refractivity contribution in [3.8, 4) is 5.75 Å². The lowest BCUT2D eigenvalue weighted by atomic mass is 10.3. The molecule has 3 heterocycles. The average molecular weight is 444 g/mol. The largest absolute Gasteiger partial charge is 0.497 e. The number of rotatable bonds is 7. The third-order valence-electron chi connectivity index (χ3n) is 5.23. The molecular weight excluding hydrogens is 418 g/mol. The van der Waals surface area contributed by atoms with Crippen molar-refractivity contribution in [2.45, 2.75) is 39.3 Å². The van der Waals surface area contributed by atoms with Crippen LogP contribution in [0.1, 0.15) is 26.2 Å². The molecule has 1 amide bonds. The molecule has 0 aliphatic carbocycles. The second kappa shape index (κ2) is 8.93. The van der Waals surface area contributed by atoms with Crippen LogP contribution in [0.4, 0.5) is 10.8 Å². The summed E-state index contributed by atoms with van der Waals surface area (Å²) in [6, 6.07) is 6.98. The van der Waals surface area contributed by atoms with Gasteiger partial charge in [0.25, 0.3) is 5.56 Å². The summed E-state index contributed by atoms with van der Waals surface area (Å²) in [4.78, 5) is 45.5. The number of amides is 1. The van der Waals surface area contributed by atoms with E-state index in [0.29, 0.717) is 29.1 Å². The summed E-state index contributed by atoms with van der Waals surface area (Å²) >= 11 is 1.29. The van der Waals surface area contributed by atoms with Crippen LogP contribution in [0.2, 0.25) is 0 Å². The topological polar surface area (TPSA) is 98.5 Å². The first-order chi connectivity index (χ1) is 15.0. The predicted octanol–water partition coefficient (Wildman–Crippen LogP) is 2.28. The fourth-order valence-electron chi connectivity index (χ4n) is 3.72. The molecule has 164 valence electrons. The Hall–Kier alpha value is -3.14. The summed E-state index contributed by atoms with van der Waals surface area (Å²) in [5.41, 5.74) is -0.0192. The number of carbonyl (C=O) groups is 1. The van der Waals surface area contributed by atoms with Crippen molar-refractivity contribution in [3.63, 3.8) is 0 Å². The molecule has 0 radical (unpaired) electrons. The van der Waals surface area contributed by atoms with E-state index in [0.717, 1.165) is 31.1 Å². The van der Waals surface area contributed by atoms with Crippen molar-refractivity contribution in [2.24, 2.45) is 0 Å². The number of hydrogen-bond donors (Lipinski definition) is 1. The molecule has 0 unspecified atom stereocenters. The van der Waals surface area contributed by atoms with Gasteiger partial charge in [0, 0.05) is 31.4 Å². The highest BCUT2D eigenvalue weighted by molar-refractivity contribution is 7.22. The molecular formula is C21H25N5O4S. The zero-order valence-corrected chi connectivity index (χ0v) is 18.4. The first-order valence-corrected chi connectivity index (χ1v) is 11.2. The number of nitrogens with one attached hydrogen (secondary N) is 1. The molecule has 31 heavy (non-hydrogen) atoms. The van der Waals surface area contributed by atoms with Gasteiger partial charge in [0.05, 0.1) is 7.11 Å². The number of benzene rings is 1. The Morgan fingerprint density at radius 1 is 1.23 bits per heavy atom. The van der Waals surface area contributed by atoms with Crippen molar-refractivity contribution < 1.29 is 9.53 Å². The van der Waals surface area contributed by atoms with Crippen molar-refractivity contribution in [1.29, 1.82) is 0 Å². The summed E-state index contributed by atoms with van der Waals surface area (Å²) in [7, 11) is 1.55. The molecule has 0 bridgehead atoms. The van der Waals surface area contributed by atoms with Gasteiger partial charge >= 0.3 is 5.69 Å². The summed E-state index contributed by atoms with van der Waals surface area (Å²) in [5.74, 6) is 0.234. The Morgan fingerprint density at radius 2 is 2.00 bits per heavy atom. The van der Waals surface area contributed by atoms with E-state index in [9.17, 15) is 14.4 Å². The lowest BCUT2D eigenvalue weighted by molar-refractivity contribution is -0.116.